The molecule has 144 valence electrons. The zero-order valence-electron chi connectivity index (χ0n) is 14.8. The number of anilines is 2. The number of hydrogen-bond acceptors (Lipinski definition) is 5. The number of amides is 4. The van der Waals surface area contributed by atoms with Crippen LogP contribution >= 0.6 is 0 Å². The van der Waals surface area contributed by atoms with Gasteiger partial charge in [-0.2, -0.15) is 0 Å². The molecule has 0 spiro atoms. The Hall–Kier alpha value is -3.52. The maximum atomic E-state index is 12.2. The molecule has 0 bridgehead atoms. The Morgan fingerprint density at radius 3 is 2.36 bits per heavy atom. The van der Waals surface area contributed by atoms with Gasteiger partial charge >= 0.3 is 0 Å². The van der Waals surface area contributed by atoms with E-state index in [1.165, 1.54) is 6.07 Å². The molecule has 2 unspecified atom stereocenters. The molecule has 2 atom stereocenters. The second-order valence-corrected chi connectivity index (χ2v) is 6.45. The first kappa shape index (κ1) is 19.2. The van der Waals surface area contributed by atoms with Crippen LogP contribution in [0.5, 0.6) is 0 Å². The highest BCUT2D eigenvalue weighted by atomic mass is 16.3. The highest BCUT2D eigenvalue weighted by Gasteiger charge is 2.32. The Balaban J connectivity index is 1.59. The number of benzene rings is 2. The van der Waals surface area contributed by atoms with Crippen LogP contribution in [0.2, 0.25) is 0 Å². The second-order valence-electron chi connectivity index (χ2n) is 6.45. The summed E-state index contributed by atoms with van der Waals surface area (Å²) in [4.78, 5) is 47.1. The van der Waals surface area contributed by atoms with Gasteiger partial charge in [0.15, 0.2) is 6.10 Å². The maximum Gasteiger partial charge on any atom is 0.257 e. The third-order valence-corrected chi connectivity index (χ3v) is 4.27. The van der Waals surface area contributed by atoms with Crippen LogP contribution in [0.4, 0.5) is 11.4 Å². The number of imide groups is 1. The van der Waals surface area contributed by atoms with Crippen LogP contribution in [0.3, 0.4) is 0 Å². The van der Waals surface area contributed by atoms with Gasteiger partial charge in [0.05, 0.1) is 5.92 Å². The summed E-state index contributed by atoms with van der Waals surface area (Å²) in [5, 5.41) is 17.5. The van der Waals surface area contributed by atoms with Crippen molar-refractivity contribution < 1.29 is 24.3 Å². The zero-order valence-corrected chi connectivity index (χ0v) is 14.8. The Kier molecular flexibility index (Phi) is 5.81. The van der Waals surface area contributed by atoms with E-state index in [4.69, 9.17) is 0 Å². The first-order valence-electron chi connectivity index (χ1n) is 8.70. The van der Waals surface area contributed by atoms with Crippen LogP contribution in [-0.4, -0.2) is 28.7 Å². The molecule has 0 aliphatic carbocycles. The molecule has 2 aromatic carbocycles. The van der Waals surface area contributed by atoms with E-state index in [9.17, 15) is 24.3 Å². The predicted molar refractivity (Wildman–Crippen MR) is 101 cm³/mol. The monoisotopic (exact) mass is 381 g/mol. The van der Waals surface area contributed by atoms with Gasteiger partial charge < -0.3 is 15.7 Å². The number of rotatable bonds is 6. The lowest BCUT2D eigenvalue weighted by molar-refractivity contribution is -0.127. The molecule has 4 N–H and O–H groups in total. The predicted octanol–water partition coefficient (Wildman–Crippen LogP) is 1.35. The Labute approximate surface area is 160 Å². The molecular formula is C20H19N3O5. The Morgan fingerprint density at radius 2 is 1.71 bits per heavy atom. The van der Waals surface area contributed by atoms with E-state index in [-0.39, 0.29) is 18.7 Å². The molecule has 4 amide bonds. The van der Waals surface area contributed by atoms with E-state index >= 15 is 0 Å². The number of nitrogens with one attached hydrogen (secondary N) is 3. The Bertz CT molecular complexity index is 913. The fourth-order valence-electron chi connectivity index (χ4n) is 2.88. The van der Waals surface area contributed by atoms with Gasteiger partial charge in [0.25, 0.3) is 5.91 Å². The van der Waals surface area contributed by atoms with Crippen LogP contribution < -0.4 is 16.0 Å². The third-order valence-electron chi connectivity index (χ3n) is 4.27. The van der Waals surface area contributed by atoms with Gasteiger partial charge in [-0.1, -0.05) is 36.4 Å². The van der Waals surface area contributed by atoms with Gasteiger partial charge in [-0.3, -0.25) is 24.5 Å². The van der Waals surface area contributed by atoms with Crippen molar-refractivity contribution in [2.45, 2.75) is 18.9 Å². The van der Waals surface area contributed by atoms with Gasteiger partial charge in [0.2, 0.25) is 17.7 Å². The third kappa shape index (κ3) is 4.80. The van der Waals surface area contributed by atoms with E-state index in [1.807, 2.05) is 0 Å². The molecular weight excluding hydrogens is 362 g/mol. The second kappa shape index (κ2) is 8.45. The summed E-state index contributed by atoms with van der Waals surface area (Å²) in [7, 11) is 0. The molecule has 3 rings (SSSR count). The van der Waals surface area contributed by atoms with E-state index < -0.39 is 29.7 Å². The highest BCUT2D eigenvalue weighted by molar-refractivity contribution is 6.06. The molecule has 8 nitrogen and oxygen atoms in total. The van der Waals surface area contributed by atoms with Crippen LogP contribution in [-0.2, 0) is 19.2 Å². The lowest BCUT2D eigenvalue weighted by Crippen LogP contribution is -2.25. The van der Waals surface area contributed by atoms with Crippen LogP contribution in [0.25, 0.3) is 0 Å². The highest BCUT2D eigenvalue weighted by Crippen LogP contribution is 2.20. The van der Waals surface area contributed by atoms with E-state index in [2.05, 4.69) is 16.0 Å². The first-order chi connectivity index (χ1) is 13.4. The molecule has 0 saturated carbocycles. The summed E-state index contributed by atoms with van der Waals surface area (Å²) in [5.41, 5.74) is 1.28. The summed E-state index contributed by atoms with van der Waals surface area (Å²) in [5.74, 6) is -2.52. The van der Waals surface area contributed by atoms with E-state index in [0.717, 1.165) is 0 Å². The largest absolute Gasteiger partial charge is 0.378 e. The average molecular weight is 381 g/mol. The number of carbonyl (C=O) groups excluding carboxylic acids is 4. The fourth-order valence-corrected chi connectivity index (χ4v) is 2.88. The molecule has 1 saturated heterocycles. The van der Waals surface area contributed by atoms with Gasteiger partial charge in [-0.05, 0) is 23.8 Å². The zero-order chi connectivity index (χ0) is 20.1. The number of aliphatic hydroxyl groups excluding tert-OH is 1. The van der Waals surface area contributed by atoms with Gasteiger partial charge in [0.1, 0.15) is 0 Å². The van der Waals surface area contributed by atoms with Gasteiger partial charge in [-0.15, -0.1) is 0 Å². The van der Waals surface area contributed by atoms with Gasteiger partial charge in [-0.25, -0.2) is 0 Å². The molecule has 8 heteroatoms. The van der Waals surface area contributed by atoms with Crippen molar-refractivity contribution in [1.29, 1.82) is 0 Å². The number of aliphatic hydroxyl groups is 1. The SMILES string of the molecule is O=C1CC(CC(=O)Nc2cccc(NC(=O)C(O)c3ccccc3)c2)C(=O)N1. The van der Waals surface area contributed by atoms with Crippen LogP contribution in [0, 0.1) is 5.92 Å². The Morgan fingerprint density at radius 1 is 1.04 bits per heavy atom. The lowest BCUT2D eigenvalue weighted by Gasteiger charge is -2.13. The first-order valence-corrected chi connectivity index (χ1v) is 8.70. The molecule has 1 aliphatic rings. The van der Waals surface area contributed by atoms with Gasteiger partial charge in [0, 0.05) is 24.2 Å². The van der Waals surface area contributed by atoms with Crippen molar-refractivity contribution in [3.8, 4) is 0 Å². The fraction of sp³-hybridized carbons (Fsp3) is 0.200. The minimum absolute atomic E-state index is 0.000273. The topological polar surface area (TPSA) is 125 Å². The summed E-state index contributed by atoms with van der Waals surface area (Å²) in [6, 6.07) is 14.9. The number of carbonyl (C=O) groups is 4. The molecule has 28 heavy (non-hydrogen) atoms. The lowest BCUT2D eigenvalue weighted by atomic mass is 10.0. The maximum absolute atomic E-state index is 12.2. The summed E-state index contributed by atoms with van der Waals surface area (Å²) in [6.45, 7) is 0. The van der Waals surface area contributed by atoms with E-state index in [0.29, 0.717) is 16.9 Å². The van der Waals surface area contributed by atoms with Crippen molar-refractivity contribution in [2.75, 3.05) is 10.6 Å². The smallest absolute Gasteiger partial charge is 0.257 e. The summed E-state index contributed by atoms with van der Waals surface area (Å²) < 4.78 is 0. The average Bonchev–Trinajstić information content (AvgIpc) is 2.98. The quantitative estimate of drug-likeness (QED) is 0.562. The molecule has 1 fully saturated rings. The summed E-state index contributed by atoms with van der Waals surface area (Å²) >= 11 is 0. The summed E-state index contributed by atoms with van der Waals surface area (Å²) in [6.07, 6.45) is -1.43. The van der Waals surface area contributed by atoms with Crippen molar-refractivity contribution >= 4 is 35.0 Å². The van der Waals surface area contributed by atoms with Crippen molar-refractivity contribution in [2.24, 2.45) is 5.92 Å². The molecule has 1 heterocycles. The molecule has 1 aliphatic heterocycles. The standard InChI is InChI=1S/C20H19N3O5/c24-16(9-13-10-17(25)23-19(13)27)21-14-7-4-8-15(11-14)22-20(28)18(26)12-5-2-1-3-6-12/h1-8,11,13,18,26H,9-10H2,(H,21,24)(H,22,28)(H,23,25,27). The molecule has 0 aromatic heterocycles. The normalized spacial score (nSPS) is 17.0. The van der Waals surface area contributed by atoms with Crippen molar-refractivity contribution in [1.82, 2.24) is 5.32 Å². The minimum atomic E-state index is -1.32. The van der Waals surface area contributed by atoms with Crippen LogP contribution in [0.15, 0.2) is 54.6 Å². The van der Waals surface area contributed by atoms with Crippen molar-refractivity contribution in [3.05, 3.63) is 60.2 Å². The minimum Gasteiger partial charge on any atom is -0.378 e. The van der Waals surface area contributed by atoms with Crippen molar-refractivity contribution in [3.63, 3.8) is 0 Å². The van der Waals surface area contributed by atoms with Crippen LogP contribution in [0.1, 0.15) is 24.5 Å². The molecule has 0 radical (unpaired) electrons. The number of hydrogen-bond donors (Lipinski definition) is 4. The molecule has 2 aromatic rings. The van der Waals surface area contributed by atoms with E-state index in [1.54, 1.807) is 48.5 Å².